The van der Waals surface area contributed by atoms with Gasteiger partial charge >= 0.3 is 0 Å². The van der Waals surface area contributed by atoms with E-state index in [1.54, 1.807) is 13.2 Å². The number of methoxy groups -OCH3 is 1. The Hall–Kier alpha value is -1.55. The van der Waals surface area contributed by atoms with E-state index in [1.165, 1.54) is 44.9 Å². The summed E-state index contributed by atoms with van der Waals surface area (Å²) in [7, 11) is -0.0157. The minimum atomic E-state index is -1.68. The Balaban J connectivity index is 2.32. The van der Waals surface area contributed by atoms with E-state index in [2.05, 4.69) is 26.6 Å². The molecule has 0 aliphatic carbocycles. The summed E-state index contributed by atoms with van der Waals surface area (Å²) >= 11 is 0. The Morgan fingerprint density at radius 3 is 2.32 bits per heavy atom. The summed E-state index contributed by atoms with van der Waals surface area (Å²) in [5.74, 6) is 1.75. The van der Waals surface area contributed by atoms with Crippen LogP contribution < -0.4 is 9.16 Å². The fourth-order valence-corrected chi connectivity index (χ4v) is 3.90. The molecular formula is C24H40O3Si. The van der Waals surface area contributed by atoms with Gasteiger partial charge in [0, 0.05) is 6.42 Å². The fraction of sp³-hybridized carbons (Fsp3) is 0.625. The number of rotatable bonds is 15. The topological polar surface area (TPSA) is 35.5 Å². The van der Waals surface area contributed by atoms with Gasteiger partial charge in [-0.1, -0.05) is 57.6 Å². The molecule has 0 heterocycles. The number of hydrogen-bond acceptors (Lipinski definition) is 3. The Labute approximate surface area is 173 Å². The lowest BCUT2D eigenvalue weighted by atomic mass is 10.1. The summed E-state index contributed by atoms with van der Waals surface area (Å²) in [6.07, 6.45) is 15.2. The van der Waals surface area contributed by atoms with E-state index in [-0.39, 0.29) is 5.78 Å². The van der Waals surface area contributed by atoms with Crippen LogP contribution in [-0.2, 0) is 11.2 Å². The van der Waals surface area contributed by atoms with E-state index >= 15 is 0 Å². The van der Waals surface area contributed by atoms with Crippen LogP contribution in [0.3, 0.4) is 0 Å². The van der Waals surface area contributed by atoms with Crippen molar-refractivity contribution in [2.45, 2.75) is 90.8 Å². The Kier molecular flexibility index (Phi) is 11.9. The molecule has 0 aliphatic heterocycles. The van der Waals surface area contributed by atoms with E-state index < -0.39 is 8.32 Å². The van der Waals surface area contributed by atoms with Gasteiger partial charge in [-0.25, -0.2) is 0 Å². The number of carbonyl (C=O) groups excluding carboxylic acids is 1. The minimum absolute atomic E-state index is 0.198. The Morgan fingerprint density at radius 1 is 1.00 bits per heavy atom. The van der Waals surface area contributed by atoms with Gasteiger partial charge in [0.2, 0.25) is 8.32 Å². The largest absolute Gasteiger partial charge is 0.542 e. The molecule has 158 valence electrons. The molecule has 0 spiro atoms. The van der Waals surface area contributed by atoms with Crippen molar-refractivity contribution in [1.29, 1.82) is 0 Å². The normalized spacial score (nSPS) is 11.8. The van der Waals surface area contributed by atoms with E-state index in [1.807, 2.05) is 24.3 Å². The maximum absolute atomic E-state index is 12.1. The number of ether oxygens (including phenoxy) is 1. The molecule has 0 aliphatic rings. The second-order valence-electron chi connectivity index (χ2n) is 8.48. The van der Waals surface area contributed by atoms with Crippen molar-refractivity contribution in [2.75, 3.05) is 7.11 Å². The molecule has 0 aromatic heterocycles. The molecule has 1 rings (SSSR count). The molecule has 0 saturated carbocycles. The highest BCUT2D eigenvalue weighted by Gasteiger charge is 2.18. The summed E-state index contributed by atoms with van der Waals surface area (Å²) < 4.78 is 11.5. The standard InChI is InChI=1S/C24H40O3Si/c1-6-7-8-9-10-11-12-13-14-15-22(25)18-16-21-17-19-23(24(20-21)26-2)27-28(3,4)5/h14-15,17,19-20H,6-13,16,18H2,1-5H3. The number of hydrogen-bond donors (Lipinski definition) is 0. The lowest BCUT2D eigenvalue weighted by molar-refractivity contribution is -0.114. The summed E-state index contributed by atoms with van der Waals surface area (Å²) in [6.45, 7) is 8.70. The zero-order valence-electron chi connectivity index (χ0n) is 18.7. The van der Waals surface area contributed by atoms with E-state index in [0.29, 0.717) is 6.42 Å². The SMILES string of the molecule is CCCCCCCCCC=CC(=O)CCc1ccc(O[Si](C)(C)C)c(OC)c1. The van der Waals surface area contributed by atoms with Gasteiger partial charge in [-0.05, 0) is 62.7 Å². The third-order valence-corrected chi connectivity index (χ3v) is 5.41. The molecule has 4 heteroatoms. The average Bonchev–Trinajstić information content (AvgIpc) is 2.64. The lowest BCUT2D eigenvalue weighted by Crippen LogP contribution is -2.29. The van der Waals surface area contributed by atoms with Gasteiger partial charge in [-0.2, -0.15) is 0 Å². The maximum Gasteiger partial charge on any atom is 0.242 e. The Morgan fingerprint density at radius 2 is 1.68 bits per heavy atom. The second kappa shape index (κ2) is 13.6. The highest BCUT2D eigenvalue weighted by Crippen LogP contribution is 2.30. The number of carbonyl (C=O) groups is 1. The van der Waals surface area contributed by atoms with Crippen molar-refractivity contribution in [3.05, 3.63) is 35.9 Å². The zero-order chi connectivity index (χ0) is 20.8. The molecule has 0 N–H and O–H groups in total. The van der Waals surface area contributed by atoms with Crippen molar-refractivity contribution in [2.24, 2.45) is 0 Å². The van der Waals surface area contributed by atoms with Crippen molar-refractivity contribution < 1.29 is 14.0 Å². The van der Waals surface area contributed by atoms with Crippen LogP contribution in [0.2, 0.25) is 19.6 Å². The minimum Gasteiger partial charge on any atom is -0.542 e. The first kappa shape index (κ1) is 24.5. The quantitative estimate of drug-likeness (QED) is 0.177. The molecule has 0 radical (unpaired) electrons. The van der Waals surface area contributed by atoms with Crippen LogP contribution in [0.15, 0.2) is 30.4 Å². The van der Waals surface area contributed by atoms with E-state index in [0.717, 1.165) is 29.9 Å². The number of unbranched alkanes of at least 4 members (excludes halogenated alkanes) is 7. The molecule has 1 aromatic rings. The molecule has 0 bridgehead atoms. The summed E-state index contributed by atoms with van der Waals surface area (Å²) in [6, 6.07) is 5.99. The van der Waals surface area contributed by atoms with E-state index in [9.17, 15) is 4.79 Å². The van der Waals surface area contributed by atoms with Crippen molar-refractivity contribution in [3.8, 4) is 11.5 Å². The highest BCUT2D eigenvalue weighted by molar-refractivity contribution is 6.70. The van der Waals surface area contributed by atoms with Gasteiger partial charge in [0.25, 0.3) is 0 Å². The number of ketones is 1. The Bertz CT molecular complexity index is 602. The monoisotopic (exact) mass is 404 g/mol. The molecule has 0 saturated heterocycles. The first-order chi connectivity index (χ1) is 13.4. The number of allylic oxidation sites excluding steroid dienone is 2. The molecule has 0 fully saturated rings. The van der Waals surface area contributed by atoms with Crippen LogP contribution >= 0.6 is 0 Å². The summed E-state index contributed by atoms with van der Waals surface area (Å²) in [5.41, 5.74) is 1.11. The van der Waals surface area contributed by atoms with Crippen LogP contribution in [0.4, 0.5) is 0 Å². The van der Waals surface area contributed by atoms with Gasteiger partial charge in [0.1, 0.15) is 5.75 Å². The van der Waals surface area contributed by atoms with Crippen molar-refractivity contribution in [3.63, 3.8) is 0 Å². The van der Waals surface area contributed by atoms with Gasteiger partial charge in [-0.3, -0.25) is 4.79 Å². The van der Waals surface area contributed by atoms with Crippen molar-refractivity contribution >= 4 is 14.1 Å². The van der Waals surface area contributed by atoms with Crippen LogP contribution in [0.25, 0.3) is 0 Å². The number of aryl methyl sites for hydroxylation is 1. The first-order valence-electron chi connectivity index (χ1n) is 10.9. The van der Waals surface area contributed by atoms with Crippen LogP contribution in [0.5, 0.6) is 11.5 Å². The van der Waals surface area contributed by atoms with Gasteiger partial charge in [0.05, 0.1) is 7.11 Å². The average molecular weight is 405 g/mol. The molecule has 28 heavy (non-hydrogen) atoms. The first-order valence-corrected chi connectivity index (χ1v) is 14.3. The van der Waals surface area contributed by atoms with Gasteiger partial charge < -0.3 is 9.16 Å². The van der Waals surface area contributed by atoms with E-state index in [4.69, 9.17) is 9.16 Å². The maximum atomic E-state index is 12.1. The summed E-state index contributed by atoms with van der Waals surface area (Å²) in [5, 5.41) is 0. The fourth-order valence-electron chi connectivity index (χ4n) is 3.07. The van der Waals surface area contributed by atoms with Crippen molar-refractivity contribution in [1.82, 2.24) is 0 Å². The highest BCUT2D eigenvalue weighted by atomic mass is 28.4. The molecule has 3 nitrogen and oxygen atoms in total. The molecule has 1 aromatic carbocycles. The third kappa shape index (κ3) is 11.3. The van der Waals surface area contributed by atoms with Crippen LogP contribution in [-0.4, -0.2) is 21.2 Å². The molecule has 0 atom stereocenters. The van der Waals surface area contributed by atoms with Gasteiger partial charge in [-0.15, -0.1) is 0 Å². The zero-order valence-corrected chi connectivity index (χ0v) is 19.7. The van der Waals surface area contributed by atoms with Crippen LogP contribution in [0, 0.1) is 0 Å². The van der Waals surface area contributed by atoms with Gasteiger partial charge in [0.15, 0.2) is 11.5 Å². The molecular weight excluding hydrogens is 364 g/mol. The molecule has 0 unspecified atom stereocenters. The smallest absolute Gasteiger partial charge is 0.242 e. The van der Waals surface area contributed by atoms with Crippen LogP contribution in [0.1, 0.15) is 70.3 Å². The summed E-state index contributed by atoms with van der Waals surface area (Å²) in [4.78, 5) is 12.1. The number of benzene rings is 1. The predicted molar refractivity (Wildman–Crippen MR) is 122 cm³/mol. The molecule has 0 amide bonds. The lowest BCUT2D eigenvalue weighted by Gasteiger charge is -2.21. The third-order valence-electron chi connectivity index (χ3n) is 4.58. The second-order valence-corrected chi connectivity index (χ2v) is 12.9. The predicted octanol–water partition coefficient (Wildman–Crippen LogP) is 7.11.